The molecular formula is C35H57N5O7. The Morgan fingerprint density at radius 2 is 1.53 bits per heavy atom. The van der Waals surface area contributed by atoms with Gasteiger partial charge in [-0.15, -0.1) is 0 Å². The van der Waals surface area contributed by atoms with Gasteiger partial charge >= 0.3 is 6.03 Å². The lowest BCUT2D eigenvalue weighted by Gasteiger charge is -2.36. The maximum atomic E-state index is 13.9. The number of carbonyl (C=O) groups excluding carboxylic acids is 6. The predicted octanol–water partition coefficient (Wildman–Crippen LogP) is 4.00. The lowest BCUT2D eigenvalue weighted by molar-refractivity contribution is -0.143. The number of primary amides is 1. The number of hydrogen-bond acceptors (Lipinski definition) is 7. The van der Waals surface area contributed by atoms with E-state index in [0.29, 0.717) is 30.6 Å². The number of amides is 5. The summed E-state index contributed by atoms with van der Waals surface area (Å²) in [4.78, 5) is 79.3. The normalized spacial score (nSPS) is 17.4. The molecular weight excluding hydrogens is 602 g/mol. The molecule has 3 rings (SSSR count). The molecule has 3 unspecified atom stereocenters. The van der Waals surface area contributed by atoms with Gasteiger partial charge in [0.2, 0.25) is 17.6 Å². The highest BCUT2D eigenvalue weighted by molar-refractivity contribution is 6.37. The van der Waals surface area contributed by atoms with Gasteiger partial charge in [-0.1, -0.05) is 87.3 Å². The van der Waals surface area contributed by atoms with Crippen molar-refractivity contribution in [1.29, 1.82) is 0 Å². The van der Waals surface area contributed by atoms with Crippen molar-refractivity contribution in [3.63, 3.8) is 0 Å². The van der Waals surface area contributed by atoms with Crippen LogP contribution in [0.25, 0.3) is 0 Å². The standard InChI is InChI=1S/C31H45N5O7.2C2H6/c1-17(2)23(24(37)19-10-7-8-12-22(19)43-6)34-30(42)35-26(31(3,4)5)29(41)36-15-9-11-21(36)28(40)33-20(16-18-13-14-18)25(38)27(32)39;2*1-2/h7-8,10,12,17-18,20-21,23,26H,9,11,13-16H2,1-6H3,(H2,32,39)(H,33,40)(H2,34,35,42);2*1-2H3/t20?,21-,23?,26?;;/m0../s1. The van der Waals surface area contributed by atoms with Gasteiger partial charge in [0, 0.05) is 6.54 Å². The van der Waals surface area contributed by atoms with Gasteiger partial charge in [0.1, 0.15) is 17.8 Å². The summed E-state index contributed by atoms with van der Waals surface area (Å²) in [7, 11) is 1.46. The van der Waals surface area contributed by atoms with Crippen LogP contribution in [-0.4, -0.2) is 78.0 Å². The third-order valence-electron chi connectivity index (χ3n) is 7.98. The molecule has 1 aromatic carbocycles. The van der Waals surface area contributed by atoms with Gasteiger partial charge < -0.3 is 31.3 Å². The van der Waals surface area contributed by atoms with Gasteiger partial charge in [-0.2, -0.15) is 0 Å². The van der Waals surface area contributed by atoms with E-state index in [4.69, 9.17) is 10.5 Å². The minimum atomic E-state index is -1.11. The molecule has 264 valence electrons. The summed E-state index contributed by atoms with van der Waals surface area (Å²) < 4.78 is 5.33. The van der Waals surface area contributed by atoms with E-state index in [1.165, 1.54) is 12.0 Å². The Morgan fingerprint density at radius 3 is 2.04 bits per heavy atom. The van der Waals surface area contributed by atoms with Crippen LogP contribution in [0.2, 0.25) is 0 Å². The molecule has 12 nitrogen and oxygen atoms in total. The minimum Gasteiger partial charge on any atom is -0.496 e. The van der Waals surface area contributed by atoms with E-state index >= 15 is 0 Å². The first-order valence-electron chi connectivity index (χ1n) is 16.8. The molecule has 0 bridgehead atoms. The number of ketones is 2. The molecule has 0 spiro atoms. The van der Waals surface area contributed by atoms with Crippen molar-refractivity contribution >= 4 is 35.3 Å². The number of carbonyl (C=O) groups is 6. The summed E-state index contributed by atoms with van der Waals surface area (Å²) in [6.45, 7) is 17.3. The first-order chi connectivity index (χ1) is 22.1. The average Bonchev–Trinajstić information content (AvgIpc) is 3.73. The topological polar surface area (TPSA) is 177 Å². The number of ether oxygens (including phenoxy) is 1. The van der Waals surface area contributed by atoms with Gasteiger partial charge in [0.25, 0.3) is 5.91 Å². The van der Waals surface area contributed by atoms with Gasteiger partial charge in [-0.3, -0.25) is 24.0 Å². The Hall–Kier alpha value is -3.96. The molecule has 5 amide bonds. The van der Waals surface area contributed by atoms with Gasteiger partial charge in [-0.25, -0.2) is 4.79 Å². The molecule has 4 atom stereocenters. The SMILES string of the molecule is CC.CC.COc1ccccc1C(=O)C(NC(=O)NC(C(=O)N1CCC[C@H]1C(=O)NC(CC1CC1)C(=O)C(N)=O)C(C)(C)C)C(C)C. The third kappa shape index (κ3) is 11.7. The molecule has 2 aliphatic rings. The summed E-state index contributed by atoms with van der Waals surface area (Å²) in [5.41, 5.74) is 4.78. The highest BCUT2D eigenvalue weighted by Crippen LogP contribution is 2.34. The van der Waals surface area contributed by atoms with Crippen LogP contribution in [0.1, 0.15) is 105 Å². The van der Waals surface area contributed by atoms with Crippen molar-refractivity contribution < 1.29 is 33.5 Å². The molecule has 0 aromatic heterocycles. The number of nitrogens with two attached hydrogens (primary N) is 1. The number of hydrogen-bond donors (Lipinski definition) is 4. The quantitative estimate of drug-likeness (QED) is 0.183. The summed E-state index contributed by atoms with van der Waals surface area (Å²) in [5.74, 6) is -2.94. The highest BCUT2D eigenvalue weighted by Gasteiger charge is 2.43. The first kappa shape index (κ1) is 41.1. The van der Waals surface area contributed by atoms with E-state index in [0.717, 1.165) is 12.8 Å². The molecule has 1 aromatic rings. The fourth-order valence-corrected chi connectivity index (χ4v) is 5.34. The van der Waals surface area contributed by atoms with Crippen molar-refractivity contribution in [2.75, 3.05) is 13.7 Å². The number of nitrogens with zero attached hydrogens (tertiary/aromatic N) is 1. The number of nitrogens with one attached hydrogen (secondary N) is 3. The van der Waals surface area contributed by atoms with Crippen LogP contribution in [0.3, 0.4) is 0 Å². The van der Waals surface area contributed by atoms with Crippen molar-refractivity contribution in [2.45, 2.75) is 119 Å². The zero-order valence-electron chi connectivity index (χ0n) is 29.9. The lowest BCUT2D eigenvalue weighted by atomic mass is 9.85. The molecule has 5 N–H and O–H groups in total. The molecule has 12 heteroatoms. The minimum absolute atomic E-state index is 0.243. The maximum Gasteiger partial charge on any atom is 0.316 e. The monoisotopic (exact) mass is 659 g/mol. The zero-order valence-corrected chi connectivity index (χ0v) is 29.9. The summed E-state index contributed by atoms with van der Waals surface area (Å²) in [6.07, 6.45) is 3.06. The fourth-order valence-electron chi connectivity index (χ4n) is 5.34. The summed E-state index contributed by atoms with van der Waals surface area (Å²) in [6, 6.07) is 2.20. The van der Waals surface area contributed by atoms with Crippen molar-refractivity contribution in [3.05, 3.63) is 29.8 Å². The lowest BCUT2D eigenvalue weighted by Crippen LogP contribution is -2.61. The molecule has 1 saturated heterocycles. The van der Waals surface area contributed by atoms with E-state index < -0.39 is 59.1 Å². The van der Waals surface area contributed by atoms with Crippen LogP contribution in [0.4, 0.5) is 4.79 Å². The molecule has 1 aliphatic heterocycles. The van der Waals surface area contributed by atoms with Crippen LogP contribution in [-0.2, 0) is 19.2 Å². The molecule has 2 fully saturated rings. The van der Waals surface area contributed by atoms with Crippen molar-refractivity contribution in [1.82, 2.24) is 20.9 Å². The Balaban J connectivity index is 0.00000265. The zero-order chi connectivity index (χ0) is 36.1. The largest absolute Gasteiger partial charge is 0.496 e. The van der Waals surface area contributed by atoms with Crippen LogP contribution in [0, 0.1) is 17.3 Å². The Morgan fingerprint density at radius 1 is 0.936 bits per heavy atom. The van der Waals surface area contributed by atoms with E-state index in [1.807, 2.05) is 27.7 Å². The second-order valence-electron chi connectivity index (χ2n) is 12.9. The third-order valence-corrected chi connectivity index (χ3v) is 7.98. The Bertz CT molecular complexity index is 1240. The summed E-state index contributed by atoms with van der Waals surface area (Å²) >= 11 is 0. The van der Waals surface area contributed by atoms with Gasteiger partial charge in [-0.05, 0) is 48.6 Å². The number of urea groups is 1. The Kier molecular flexibility index (Phi) is 16.6. The number of likely N-dealkylation sites (tertiary alicyclic amines) is 1. The molecule has 47 heavy (non-hydrogen) atoms. The summed E-state index contributed by atoms with van der Waals surface area (Å²) in [5, 5.41) is 8.14. The maximum absolute atomic E-state index is 13.9. The van der Waals surface area contributed by atoms with E-state index in [1.54, 1.807) is 58.9 Å². The van der Waals surface area contributed by atoms with E-state index in [-0.39, 0.29) is 24.2 Å². The second kappa shape index (κ2) is 19.0. The second-order valence-corrected chi connectivity index (χ2v) is 12.9. The van der Waals surface area contributed by atoms with Gasteiger partial charge in [0.05, 0.1) is 24.8 Å². The molecule has 0 radical (unpaired) electrons. The highest BCUT2D eigenvalue weighted by atomic mass is 16.5. The Labute approximate surface area is 280 Å². The number of rotatable bonds is 13. The van der Waals surface area contributed by atoms with Crippen LogP contribution in [0.15, 0.2) is 24.3 Å². The number of methoxy groups -OCH3 is 1. The fraction of sp³-hybridized carbons (Fsp3) is 0.657. The number of para-hydroxylation sites is 1. The smallest absolute Gasteiger partial charge is 0.316 e. The molecule has 1 aliphatic carbocycles. The van der Waals surface area contributed by atoms with Crippen LogP contribution < -0.4 is 26.4 Å². The number of benzene rings is 1. The van der Waals surface area contributed by atoms with Crippen LogP contribution >= 0.6 is 0 Å². The van der Waals surface area contributed by atoms with Crippen molar-refractivity contribution in [3.8, 4) is 5.75 Å². The predicted molar refractivity (Wildman–Crippen MR) is 182 cm³/mol. The van der Waals surface area contributed by atoms with E-state index in [9.17, 15) is 28.8 Å². The average molecular weight is 660 g/mol. The van der Waals surface area contributed by atoms with Crippen LogP contribution in [0.5, 0.6) is 5.75 Å². The van der Waals surface area contributed by atoms with E-state index in [2.05, 4.69) is 16.0 Å². The first-order valence-corrected chi connectivity index (χ1v) is 16.8. The molecule has 1 heterocycles. The van der Waals surface area contributed by atoms with Gasteiger partial charge in [0.15, 0.2) is 5.78 Å². The molecule has 1 saturated carbocycles. The number of Topliss-reactive ketones (excluding diaryl/α,β-unsaturated/α-hetero) is 2. The van der Waals surface area contributed by atoms with Crippen molar-refractivity contribution in [2.24, 2.45) is 23.0 Å².